The van der Waals surface area contributed by atoms with E-state index in [1.165, 1.54) is 26.8 Å². The van der Waals surface area contributed by atoms with Crippen LogP contribution in [0.3, 0.4) is 0 Å². The number of carbonyl (C=O) groups is 5. The van der Waals surface area contributed by atoms with Crippen molar-refractivity contribution in [2.75, 3.05) is 45.9 Å². The summed E-state index contributed by atoms with van der Waals surface area (Å²) in [5.41, 5.74) is 0.672. The van der Waals surface area contributed by atoms with Crippen molar-refractivity contribution in [1.82, 2.24) is 25.3 Å². The zero-order valence-corrected chi connectivity index (χ0v) is 22.4. The van der Waals surface area contributed by atoms with Crippen molar-refractivity contribution < 1.29 is 33.1 Å². The van der Waals surface area contributed by atoms with Gasteiger partial charge in [0.1, 0.15) is 25.0 Å². The lowest BCUT2D eigenvalue weighted by atomic mass is 10.0. The molecule has 2 fully saturated rings. The number of aryl methyl sites for hydroxylation is 1. The maximum atomic E-state index is 14.7. The van der Waals surface area contributed by atoms with Gasteiger partial charge in [0.05, 0.1) is 18.7 Å². The highest BCUT2D eigenvalue weighted by molar-refractivity contribution is 5.98. The third-order valence-corrected chi connectivity index (χ3v) is 7.45. The van der Waals surface area contributed by atoms with Gasteiger partial charge in [-0.3, -0.25) is 24.1 Å². The van der Waals surface area contributed by atoms with Crippen LogP contribution in [-0.4, -0.2) is 102 Å². The fourth-order valence-corrected chi connectivity index (χ4v) is 5.11. The Balaban J connectivity index is 1.60. The molecule has 0 spiro atoms. The van der Waals surface area contributed by atoms with Crippen LogP contribution in [0.4, 0.5) is 9.18 Å². The Kier molecular flexibility index (Phi) is 9.03. The van der Waals surface area contributed by atoms with Crippen molar-refractivity contribution in [1.29, 1.82) is 0 Å². The molecule has 0 aromatic heterocycles. The molecule has 212 valence electrons. The zero-order valence-electron chi connectivity index (χ0n) is 22.4. The third kappa shape index (κ3) is 6.85. The van der Waals surface area contributed by atoms with E-state index >= 15 is 0 Å². The number of halogens is 1. The molecule has 0 unspecified atom stereocenters. The van der Waals surface area contributed by atoms with E-state index in [4.69, 9.17) is 4.74 Å². The minimum Gasteiger partial charge on any atom is -0.448 e. The maximum absolute atomic E-state index is 14.7. The first kappa shape index (κ1) is 28.3. The molecule has 2 N–H and O–H groups in total. The summed E-state index contributed by atoms with van der Waals surface area (Å²) in [6.07, 6.45) is 1.50. The van der Waals surface area contributed by atoms with Gasteiger partial charge in [0.2, 0.25) is 17.7 Å². The van der Waals surface area contributed by atoms with Gasteiger partial charge in [0.25, 0.3) is 5.91 Å². The number of carbonyl (C=O) groups excluding carboxylic acids is 5. The Morgan fingerprint density at radius 3 is 2.67 bits per heavy atom. The molecule has 1 aromatic carbocycles. The van der Waals surface area contributed by atoms with Gasteiger partial charge < -0.3 is 25.2 Å². The number of rotatable bonds is 3. The first-order valence-corrected chi connectivity index (χ1v) is 13.5. The molecule has 0 aliphatic carbocycles. The Bertz CT molecular complexity index is 1130. The highest BCUT2D eigenvalue weighted by atomic mass is 19.1. The number of cyclic esters (lactones) is 1. The summed E-state index contributed by atoms with van der Waals surface area (Å²) in [6.45, 7) is 4.45. The summed E-state index contributed by atoms with van der Waals surface area (Å²) in [4.78, 5) is 68.8. The van der Waals surface area contributed by atoms with Crippen molar-refractivity contribution >= 4 is 29.7 Å². The number of hydrogen-bond donors (Lipinski definition) is 2. The van der Waals surface area contributed by atoms with E-state index in [9.17, 15) is 28.4 Å². The van der Waals surface area contributed by atoms with Crippen molar-refractivity contribution in [2.24, 2.45) is 5.92 Å². The lowest BCUT2D eigenvalue weighted by molar-refractivity contribution is -0.137. The largest absolute Gasteiger partial charge is 0.448 e. The smallest absolute Gasteiger partial charge is 0.410 e. The molecule has 3 aliphatic rings. The summed E-state index contributed by atoms with van der Waals surface area (Å²) in [5, 5.41) is 5.77. The first-order valence-electron chi connectivity index (χ1n) is 13.5. The van der Waals surface area contributed by atoms with E-state index in [0.29, 0.717) is 38.8 Å². The van der Waals surface area contributed by atoms with E-state index in [0.717, 1.165) is 5.56 Å². The van der Waals surface area contributed by atoms with Crippen molar-refractivity contribution in [2.45, 2.75) is 51.6 Å². The molecule has 39 heavy (non-hydrogen) atoms. The van der Waals surface area contributed by atoms with Crippen LogP contribution >= 0.6 is 0 Å². The summed E-state index contributed by atoms with van der Waals surface area (Å²) in [5.74, 6) is -2.49. The Hall–Kier alpha value is -3.70. The van der Waals surface area contributed by atoms with Gasteiger partial charge in [0, 0.05) is 25.7 Å². The second-order valence-electron chi connectivity index (χ2n) is 10.6. The maximum Gasteiger partial charge on any atom is 0.410 e. The van der Waals surface area contributed by atoms with E-state index in [1.54, 1.807) is 6.07 Å². The fraction of sp³-hybridized carbons (Fsp3) is 0.593. The summed E-state index contributed by atoms with van der Waals surface area (Å²) in [7, 11) is 0. The van der Waals surface area contributed by atoms with E-state index in [2.05, 4.69) is 10.6 Å². The van der Waals surface area contributed by atoms with Crippen LogP contribution in [0.1, 0.15) is 49.0 Å². The molecular formula is C27H36FN5O6. The monoisotopic (exact) mass is 545 g/mol. The molecule has 5 amide bonds. The summed E-state index contributed by atoms with van der Waals surface area (Å²) >= 11 is 0. The minimum absolute atomic E-state index is 0.0363. The predicted molar refractivity (Wildman–Crippen MR) is 138 cm³/mol. The van der Waals surface area contributed by atoms with Crippen LogP contribution in [0.2, 0.25) is 0 Å². The number of nitrogens with one attached hydrogen (secondary N) is 2. The SMILES string of the molecule is CC(C)[C@@H]1CN(C(=O)CN2CCOC2=O)CC(=O)NCCCc2ccc(F)c(c2)C(=O)N2CCC[C@H]2C(=O)N1. The van der Waals surface area contributed by atoms with Crippen LogP contribution < -0.4 is 10.6 Å². The Morgan fingerprint density at radius 2 is 1.95 bits per heavy atom. The number of hydrogen-bond acceptors (Lipinski definition) is 6. The molecule has 1 aromatic rings. The van der Waals surface area contributed by atoms with Crippen molar-refractivity contribution in [3.05, 3.63) is 35.1 Å². The highest BCUT2D eigenvalue weighted by Gasteiger charge is 2.37. The first-order chi connectivity index (χ1) is 18.6. The summed E-state index contributed by atoms with van der Waals surface area (Å²) < 4.78 is 19.6. The van der Waals surface area contributed by atoms with Gasteiger partial charge >= 0.3 is 6.09 Å². The van der Waals surface area contributed by atoms with Crippen molar-refractivity contribution in [3.8, 4) is 0 Å². The molecule has 4 rings (SSSR count). The number of ether oxygens (including phenoxy) is 1. The van der Waals surface area contributed by atoms with E-state index in [-0.39, 0.29) is 56.1 Å². The highest BCUT2D eigenvalue weighted by Crippen LogP contribution is 2.23. The number of benzene rings is 1. The Morgan fingerprint density at radius 1 is 1.15 bits per heavy atom. The lowest BCUT2D eigenvalue weighted by Crippen LogP contribution is -2.55. The number of amides is 5. The molecule has 2 bridgehead atoms. The average Bonchev–Trinajstić information content (AvgIpc) is 3.55. The van der Waals surface area contributed by atoms with E-state index in [1.807, 2.05) is 13.8 Å². The second kappa shape index (κ2) is 12.4. The molecule has 2 saturated heterocycles. The number of nitrogens with zero attached hydrogens (tertiary/aromatic N) is 3. The van der Waals surface area contributed by atoms with Crippen LogP contribution in [0.15, 0.2) is 18.2 Å². The lowest BCUT2D eigenvalue weighted by Gasteiger charge is -2.32. The molecular weight excluding hydrogens is 509 g/mol. The predicted octanol–water partition coefficient (Wildman–Crippen LogP) is 0.914. The molecule has 2 atom stereocenters. The molecule has 12 heteroatoms. The Labute approximate surface area is 227 Å². The van der Waals surface area contributed by atoms with Crippen LogP contribution in [0.5, 0.6) is 0 Å². The molecule has 0 radical (unpaired) electrons. The average molecular weight is 546 g/mol. The van der Waals surface area contributed by atoms with Gasteiger partial charge in [-0.25, -0.2) is 9.18 Å². The quantitative estimate of drug-likeness (QED) is 0.581. The van der Waals surface area contributed by atoms with E-state index < -0.39 is 35.8 Å². The van der Waals surface area contributed by atoms with Gasteiger partial charge in [-0.15, -0.1) is 0 Å². The molecule has 11 nitrogen and oxygen atoms in total. The van der Waals surface area contributed by atoms with Gasteiger partial charge in [0.15, 0.2) is 0 Å². The van der Waals surface area contributed by atoms with Crippen molar-refractivity contribution in [3.63, 3.8) is 0 Å². The second-order valence-corrected chi connectivity index (χ2v) is 10.6. The normalized spacial score (nSPS) is 23.3. The summed E-state index contributed by atoms with van der Waals surface area (Å²) in [6, 6.07) is 3.07. The minimum atomic E-state index is -0.774. The van der Waals surface area contributed by atoms with Crippen LogP contribution in [-0.2, 0) is 25.5 Å². The van der Waals surface area contributed by atoms with Gasteiger partial charge in [-0.05, 0) is 49.3 Å². The topological polar surface area (TPSA) is 128 Å². The number of fused-ring (bicyclic) bond motifs is 3. The molecule has 0 saturated carbocycles. The van der Waals surface area contributed by atoms with Gasteiger partial charge in [-0.1, -0.05) is 19.9 Å². The zero-order chi connectivity index (χ0) is 28.1. The molecule has 3 heterocycles. The van der Waals surface area contributed by atoms with Crippen LogP contribution in [0.25, 0.3) is 0 Å². The standard InChI is InChI=1S/C27H36FN5O6/c1-17(2)21-14-32(24(35)16-31-11-12-39-27(31)38)15-23(34)29-9-3-5-18-7-8-20(28)19(13-18)26(37)33-10-4-6-22(33)25(36)30-21/h7-8,13,17,21-22H,3-6,9-12,14-16H2,1-2H3,(H,29,34)(H,30,36)/t21-,22-/m0/s1. The fourth-order valence-electron chi connectivity index (χ4n) is 5.11. The van der Waals surface area contributed by atoms with Gasteiger partial charge in [-0.2, -0.15) is 0 Å². The van der Waals surface area contributed by atoms with Crippen LogP contribution in [0, 0.1) is 11.7 Å². The molecule has 3 aliphatic heterocycles. The third-order valence-electron chi connectivity index (χ3n) is 7.45.